The van der Waals surface area contributed by atoms with Gasteiger partial charge in [-0.15, -0.1) is 0 Å². The molecule has 2 aromatic rings. The molecular formula is C53H75NO13. The number of methoxy groups -OCH3 is 3. The molecule has 1 saturated carbocycles. The smallest absolute Gasteiger partial charge is 0.329 e. The van der Waals surface area contributed by atoms with E-state index in [0.29, 0.717) is 56.3 Å². The highest BCUT2D eigenvalue weighted by atomic mass is 16.7. The first-order chi connectivity index (χ1) is 31.9. The van der Waals surface area contributed by atoms with Crippen LogP contribution in [0.5, 0.6) is 11.5 Å². The number of fused-ring (bicyclic) bond motifs is 4. The van der Waals surface area contributed by atoms with Crippen molar-refractivity contribution in [1.29, 1.82) is 0 Å². The zero-order valence-corrected chi connectivity index (χ0v) is 41.0. The molecule has 67 heavy (non-hydrogen) atoms. The van der Waals surface area contributed by atoms with Gasteiger partial charge >= 0.3 is 5.97 Å². The van der Waals surface area contributed by atoms with Gasteiger partial charge in [0.2, 0.25) is 5.79 Å². The second kappa shape index (κ2) is 23.0. The van der Waals surface area contributed by atoms with Gasteiger partial charge in [-0.25, -0.2) is 4.79 Å². The fourth-order valence-corrected chi connectivity index (χ4v) is 11.0. The monoisotopic (exact) mass is 934 g/mol. The topological polar surface area (TPSA) is 188 Å². The van der Waals surface area contributed by atoms with E-state index in [2.05, 4.69) is 13.0 Å². The second-order valence-corrected chi connectivity index (χ2v) is 19.9. The number of piperidine rings is 1. The number of carbonyl (C=O) groups is 4. The lowest BCUT2D eigenvalue weighted by Gasteiger charge is -2.47. The summed E-state index contributed by atoms with van der Waals surface area (Å²) in [5, 5.41) is 35.8. The van der Waals surface area contributed by atoms with E-state index in [1.54, 1.807) is 33.1 Å². The Morgan fingerprint density at radius 2 is 1.55 bits per heavy atom. The minimum atomic E-state index is -2.52. The molecule has 0 aromatic heterocycles. The van der Waals surface area contributed by atoms with E-state index >= 15 is 0 Å². The molecule has 14 atom stereocenters. The average Bonchev–Trinajstić information content (AvgIpc) is 3.31. The highest BCUT2D eigenvalue weighted by Crippen LogP contribution is 2.40. The van der Waals surface area contributed by atoms with Crippen LogP contribution in [0.15, 0.2) is 59.7 Å². The number of phenols is 1. The second-order valence-electron chi connectivity index (χ2n) is 19.9. The molecule has 0 spiro atoms. The number of aliphatic hydroxyl groups excluding tert-OH is 1. The highest BCUT2D eigenvalue weighted by Gasteiger charge is 2.56. The number of ether oxygens (including phenoxy) is 6. The van der Waals surface area contributed by atoms with Crippen molar-refractivity contribution in [2.75, 3.05) is 27.9 Å². The first-order valence-electron chi connectivity index (χ1n) is 24.4. The molecule has 3 aliphatic heterocycles. The Hall–Kier alpha value is -4.18. The molecule has 14 heteroatoms. The van der Waals surface area contributed by atoms with Crippen LogP contribution in [-0.2, 0) is 42.9 Å². The van der Waals surface area contributed by atoms with E-state index in [1.165, 1.54) is 19.1 Å². The first kappa shape index (κ1) is 52.2. The molecule has 370 valence electrons. The van der Waals surface area contributed by atoms with Crippen LogP contribution in [0.4, 0.5) is 0 Å². The maximum atomic E-state index is 14.6. The Morgan fingerprint density at radius 1 is 0.866 bits per heavy atom. The summed E-state index contributed by atoms with van der Waals surface area (Å²) < 4.78 is 36.9. The summed E-state index contributed by atoms with van der Waals surface area (Å²) in [6, 6.07) is 9.78. The number of rotatable bonds is 8. The zero-order valence-electron chi connectivity index (χ0n) is 41.0. The number of Topliss-reactive ketones (excluding diaryl/α,β-unsaturated/α-hetero) is 2. The molecule has 1 aliphatic carbocycles. The third-order valence-corrected chi connectivity index (χ3v) is 14.9. The summed E-state index contributed by atoms with van der Waals surface area (Å²) in [4.78, 5) is 58.5. The van der Waals surface area contributed by atoms with Gasteiger partial charge in [0, 0.05) is 52.0 Å². The van der Waals surface area contributed by atoms with Crippen LogP contribution < -0.4 is 4.74 Å². The van der Waals surface area contributed by atoms with Crippen LogP contribution in [0, 0.1) is 29.6 Å². The van der Waals surface area contributed by atoms with E-state index in [1.807, 2.05) is 51.1 Å². The number of hydrogen-bond acceptors (Lipinski definition) is 13. The van der Waals surface area contributed by atoms with Crippen molar-refractivity contribution in [2.24, 2.45) is 29.6 Å². The number of aliphatic hydroxyl groups is 2. The van der Waals surface area contributed by atoms with Crippen molar-refractivity contribution in [3.8, 4) is 11.5 Å². The quantitative estimate of drug-likeness (QED) is 0.135. The fraction of sp³-hybridized carbons (Fsp3) is 0.660. The van der Waals surface area contributed by atoms with Crippen molar-refractivity contribution in [2.45, 2.75) is 167 Å². The number of hydrogen-bond donors (Lipinski definition) is 3. The summed E-state index contributed by atoms with van der Waals surface area (Å²) in [5.41, 5.74) is 1.67. The lowest BCUT2D eigenvalue weighted by Crippen LogP contribution is -2.64. The van der Waals surface area contributed by atoms with Gasteiger partial charge in [0.05, 0.1) is 24.4 Å². The summed E-state index contributed by atoms with van der Waals surface area (Å²) >= 11 is 0. The normalized spacial score (nSPS) is 36.6. The highest BCUT2D eigenvalue weighted by molar-refractivity contribution is 6.39. The maximum Gasteiger partial charge on any atom is 0.329 e. The Kier molecular flexibility index (Phi) is 17.9. The Bertz CT molecular complexity index is 2120. The van der Waals surface area contributed by atoms with Gasteiger partial charge < -0.3 is 48.6 Å². The molecule has 3 heterocycles. The summed E-state index contributed by atoms with van der Waals surface area (Å²) in [7, 11) is 4.73. The number of benzene rings is 2. The molecular weight excluding hydrogens is 859 g/mol. The predicted molar refractivity (Wildman–Crippen MR) is 252 cm³/mol. The molecule has 6 rings (SSSR count). The third kappa shape index (κ3) is 12.2. The third-order valence-electron chi connectivity index (χ3n) is 14.9. The van der Waals surface area contributed by atoms with Crippen LogP contribution in [0.3, 0.4) is 0 Å². The van der Waals surface area contributed by atoms with Crippen molar-refractivity contribution in [1.82, 2.24) is 4.90 Å². The number of allylic oxidation sites excluding steroid dienone is 3. The molecule has 3 fully saturated rings. The molecule has 0 radical (unpaired) electrons. The van der Waals surface area contributed by atoms with Gasteiger partial charge in [-0.3, -0.25) is 14.4 Å². The van der Waals surface area contributed by atoms with Crippen molar-refractivity contribution >= 4 is 34.2 Å². The Labute approximate surface area is 396 Å². The molecule has 14 unspecified atom stereocenters. The number of cyclic esters (lactones) is 1. The van der Waals surface area contributed by atoms with Gasteiger partial charge in [0.15, 0.2) is 0 Å². The molecule has 2 saturated heterocycles. The number of phenolic OH excluding ortho intramolecular Hbond substituents is 1. The van der Waals surface area contributed by atoms with Gasteiger partial charge in [0.1, 0.15) is 41.6 Å². The van der Waals surface area contributed by atoms with Crippen molar-refractivity contribution in [3.63, 3.8) is 0 Å². The van der Waals surface area contributed by atoms with Gasteiger partial charge in [-0.05, 0) is 131 Å². The first-order valence-corrected chi connectivity index (χ1v) is 24.4. The Balaban J connectivity index is 1.30. The summed E-state index contributed by atoms with van der Waals surface area (Å²) in [6.45, 7) is 11.3. The van der Waals surface area contributed by atoms with Crippen LogP contribution in [0.25, 0.3) is 10.8 Å². The number of nitrogens with zero attached hydrogens (tertiary/aromatic N) is 1. The van der Waals surface area contributed by atoms with E-state index in [0.717, 1.165) is 22.8 Å². The van der Waals surface area contributed by atoms with E-state index in [9.17, 15) is 34.5 Å². The van der Waals surface area contributed by atoms with Crippen molar-refractivity contribution < 1.29 is 62.9 Å². The molecule has 1 amide bonds. The van der Waals surface area contributed by atoms with Crippen LogP contribution >= 0.6 is 0 Å². The maximum absolute atomic E-state index is 14.6. The van der Waals surface area contributed by atoms with Crippen LogP contribution in [0.2, 0.25) is 0 Å². The number of esters is 1. The molecule has 14 nitrogen and oxygen atoms in total. The standard InChI is InChI=1S/C53H75NO13/c1-10-36-22-30(2)21-31(3)23-46(63-8)49-47(64-9)25-33(5)53(61,67-49)50(58)51(59)54-20-12-11-13-41(54)52(60)66-48(34(6)42(56)29-43(36)57)32(4)24-35-14-19-44(45(26-35)62-7)65-40-18-16-37-27-39(55)17-15-38(37)28-40/h15-18,22,24,27-28,31,33-36,41-42,44-49,55-56,61H,10-14,19-21,23,25-26,29H2,1-9H3/b30-22+,32-24?. The van der Waals surface area contributed by atoms with Crippen molar-refractivity contribution in [3.05, 3.63) is 59.7 Å². The number of carbonyl (C=O) groups excluding carboxylic acids is 4. The van der Waals surface area contributed by atoms with Crippen LogP contribution in [0.1, 0.15) is 112 Å². The lowest BCUT2D eigenvalue weighted by atomic mass is 9.81. The predicted octanol–water partition coefficient (Wildman–Crippen LogP) is 7.42. The van der Waals surface area contributed by atoms with E-state index < -0.39 is 77.8 Å². The molecule has 4 aliphatic rings. The van der Waals surface area contributed by atoms with E-state index in [4.69, 9.17) is 28.4 Å². The number of amides is 1. The average molecular weight is 934 g/mol. The van der Waals surface area contributed by atoms with Gasteiger partial charge in [0.25, 0.3) is 11.7 Å². The fourth-order valence-electron chi connectivity index (χ4n) is 11.0. The minimum Gasteiger partial charge on any atom is -0.508 e. The zero-order chi connectivity index (χ0) is 48.7. The van der Waals surface area contributed by atoms with E-state index in [-0.39, 0.29) is 61.4 Å². The lowest BCUT2D eigenvalue weighted by molar-refractivity contribution is -0.302. The molecule has 2 bridgehead atoms. The van der Waals surface area contributed by atoms with Crippen LogP contribution in [-0.4, -0.2) is 126 Å². The summed E-state index contributed by atoms with van der Waals surface area (Å²) in [6.07, 6.45) is 4.29. The number of ketones is 2. The molecule has 3 N–H and O–H groups in total. The van der Waals surface area contributed by atoms with Gasteiger partial charge in [-0.1, -0.05) is 57.6 Å². The number of aromatic hydroxyl groups is 1. The molecule has 2 aromatic carbocycles. The summed E-state index contributed by atoms with van der Waals surface area (Å²) in [5.74, 6) is -6.71. The largest absolute Gasteiger partial charge is 0.508 e. The van der Waals surface area contributed by atoms with Gasteiger partial charge in [-0.2, -0.15) is 0 Å². The Morgan fingerprint density at radius 3 is 2.25 bits per heavy atom. The minimum absolute atomic E-state index is 0.0120. The SMILES string of the molecule is CCC1/C=C(\C)CC(C)CC(OC)C2OC(O)(C(=O)C(=O)N3CCCCC3C(=O)OC(C(C)=CC3CCC(Oc4ccc5cc(O)ccc5c4)C(OC)C3)C(C)C(O)CC1=O)C(C)CC2OC.